The summed E-state index contributed by atoms with van der Waals surface area (Å²) in [6.07, 6.45) is 6.09. The Morgan fingerprint density at radius 1 is 1.53 bits per heavy atom. The number of carbonyl (C=O) groups excluding carboxylic acids is 1. The second-order valence-corrected chi connectivity index (χ2v) is 4.14. The summed E-state index contributed by atoms with van der Waals surface area (Å²) in [4.78, 5) is 13.7. The number of hydrogen-bond donors (Lipinski definition) is 1. The van der Waals surface area contributed by atoms with Crippen molar-refractivity contribution in [3.63, 3.8) is 0 Å². The molecule has 0 aliphatic heterocycles. The molecule has 1 aromatic rings. The van der Waals surface area contributed by atoms with Crippen molar-refractivity contribution in [2.24, 2.45) is 0 Å². The topological polar surface area (TPSA) is 46.3 Å². The lowest BCUT2D eigenvalue weighted by atomic mass is 10.1. The van der Waals surface area contributed by atoms with Crippen LogP contribution in [-0.2, 0) is 0 Å². The van der Waals surface area contributed by atoms with Crippen LogP contribution in [0.3, 0.4) is 0 Å². The zero-order chi connectivity index (χ0) is 12.8. The minimum absolute atomic E-state index is 0.140. The smallest absolute Gasteiger partial charge is 0.254 e. The van der Waals surface area contributed by atoms with Gasteiger partial charge in [0.25, 0.3) is 5.91 Å². The van der Waals surface area contributed by atoms with E-state index in [9.17, 15) is 4.79 Å². The van der Waals surface area contributed by atoms with Gasteiger partial charge in [0.05, 0.1) is 6.54 Å². The Balaban J connectivity index is 2.96. The third-order valence-electron chi connectivity index (χ3n) is 2.23. The van der Waals surface area contributed by atoms with Crippen molar-refractivity contribution in [1.29, 1.82) is 0 Å². The molecular weight excluding hydrogens is 236 g/mol. The van der Waals surface area contributed by atoms with E-state index in [1.807, 2.05) is 6.92 Å². The molecular formula is C13H15ClN2O. The fourth-order valence-electron chi connectivity index (χ4n) is 1.55. The maximum atomic E-state index is 12.1. The van der Waals surface area contributed by atoms with Gasteiger partial charge in [-0.3, -0.25) is 4.79 Å². The molecule has 1 rings (SSSR count). The van der Waals surface area contributed by atoms with Crippen LogP contribution in [0.15, 0.2) is 18.2 Å². The molecule has 0 aliphatic rings. The Morgan fingerprint density at radius 3 is 2.76 bits per heavy atom. The number of nitrogen functional groups attached to an aromatic ring is 1. The fraction of sp³-hybridized carbons (Fsp3) is 0.308. The minimum Gasteiger partial charge on any atom is -0.399 e. The van der Waals surface area contributed by atoms with E-state index in [0.29, 0.717) is 29.4 Å². The van der Waals surface area contributed by atoms with Crippen molar-refractivity contribution in [3.8, 4) is 12.3 Å². The number of halogens is 1. The highest BCUT2D eigenvalue weighted by molar-refractivity contribution is 6.31. The van der Waals surface area contributed by atoms with Crippen LogP contribution in [0.2, 0.25) is 5.02 Å². The molecule has 1 aromatic carbocycles. The summed E-state index contributed by atoms with van der Waals surface area (Å²) in [7, 11) is 0. The van der Waals surface area contributed by atoms with Crippen LogP contribution in [0, 0.1) is 12.3 Å². The summed E-state index contributed by atoms with van der Waals surface area (Å²) in [6.45, 7) is 2.90. The standard InChI is InChI=1S/C13H15ClN2O/c1-3-5-16(6-4-2)13(17)10-7-11(14)9-12(15)8-10/h1,7-9H,4-6,15H2,2H3. The number of carbonyl (C=O) groups is 1. The minimum atomic E-state index is -0.140. The molecule has 0 spiro atoms. The van der Waals surface area contributed by atoms with Crippen molar-refractivity contribution < 1.29 is 4.79 Å². The molecule has 1 amide bonds. The van der Waals surface area contributed by atoms with Crippen LogP contribution >= 0.6 is 11.6 Å². The molecule has 3 nitrogen and oxygen atoms in total. The van der Waals surface area contributed by atoms with Crippen molar-refractivity contribution in [1.82, 2.24) is 4.90 Å². The van der Waals surface area contributed by atoms with Crippen LogP contribution in [0.1, 0.15) is 23.7 Å². The van der Waals surface area contributed by atoms with E-state index in [-0.39, 0.29) is 5.91 Å². The predicted molar refractivity (Wildman–Crippen MR) is 70.9 cm³/mol. The Labute approximate surface area is 107 Å². The van der Waals surface area contributed by atoms with E-state index in [1.54, 1.807) is 23.1 Å². The van der Waals surface area contributed by atoms with Gasteiger partial charge in [0.1, 0.15) is 0 Å². The highest BCUT2D eigenvalue weighted by atomic mass is 35.5. The Morgan fingerprint density at radius 2 is 2.24 bits per heavy atom. The number of anilines is 1. The van der Waals surface area contributed by atoms with E-state index < -0.39 is 0 Å². The van der Waals surface area contributed by atoms with E-state index in [4.69, 9.17) is 23.8 Å². The first kappa shape index (κ1) is 13.4. The first-order valence-electron chi connectivity index (χ1n) is 5.37. The Bertz CT molecular complexity index is 431. The largest absolute Gasteiger partial charge is 0.399 e. The number of rotatable bonds is 4. The number of amides is 1. The van der Waals surface area contributed by atoms with Crippen LogP contribution in [0.5, 0.6) is 0 Å². The maximum Gasteiger partial charge on any atom is 0.254 e. The molecule has 0 radical (unpaired) electrons. The van der Waals surface area contributed by atoms with Gasteiger partial charge < -0.3 is 10.6 Å². The third-order valence-corrected chi connectivity index (χ3v) is 2.45. The van der Waals surface area contributed by atoms with Gasteiger partial charge in [0.15, 0.2) is 0 Å². The number of nitrogens with two attached hydrogens (primary N) is 1. The molecule has 0 heterocycles. The maximum absolute atomic E-state index is 12.1. The molecule has 0 unspecified atom stereocenters. The fourth-order valence-corrected chi connectivity index (χ4v) is 1.79. The summed E-state index contributed by atoms with van der Waals surface area (Å²) < 4.78 is 0. The SMILES string of the molecule is C#CCN(CCC)C(=O)c1cc(N)cc(Cl)c1. The van der Waals surface area contributed by atoms with Gasteiger partial charge >= 0.3 is 0 Å². The van der Waals surface area contributed by atoms with Gasteiger partial charge in [0, 0.05) is 22.8 Å². The molecule has 0 saturated heterocycles. The Kier molecular flexibility index (Phi) is 4.86. The monoisotopic (exact) mass is 250 g/mol. The lowest BCUT2D eigenvalue weighted by molar-refractivity contribution is 0.0777. The molecule has 0 aliphatic carbocycles. The van der Waals surface area contributed by atoms with Gasteiger partial charge in [-0.15, -0.1) is 6.42 Å². The number of terminal acetylenes is 1. The average Bonchev–Trinajstić information content (AvgIpc) is 2.26. The first-order chi connectivity index (χ1) is 8.08. The van der Waals surface area contributed by atoms with Crippen LogP contribution in [-0.4, -0.2) is 23.9 Å². The van der Waals surface area contributed by atoms with Crippen LogP contribution < -0.4 is 5.73 Å². The summed E-state index contributed by atoms with van der Waals surface area (Å²) in [6, 6.07) is 4.80. The molecule has 0 fully saturated rings. The van der Waals surface area contributed by atoms with Crippen molar-refractivity contribution in [3.05, 3.63) is 28.8 Å². The van der Waals surface area contributed by atoms with Gasteiger partial charge in [-0.25, -0.2) is 0 Å². The predicted octanol–water partition coefficient (Wildman–Crippen LogP) is 2.41. The third kappa shape index (κ3) is 3.69. The molecule has 0 aromatic heterocycles. The van der Waals surface area contributed by atoms with E-state index in [2.05, 4.69) is 5.92 Å². The molecule has 90 valence electrons. The van der Waals surface area contributed by atoms with E-state index >= 15 is 0 Å². The number of nitrogens with zero attached hydrogens (tertiary/aromatic N) is 1. The summed E-state index contributed by atoms with van der Waals surface area (Å²) >= 11 is 5.86. The van der Waals surface area contributed by atoms with Crippen molar-refractivity contribution >= 4 is 23.2 Å². The average molecular weight is 251 g/mol. The number of hydrogen-bond acceptors (Lipinski definition) is 2. The van der Waals surface area contributed by atoms with Gasteiger partial charge in [-0.1, -0.05) is 24.4 Å². The molecule has 0 bridgehead atoms. The quantitative estimate of drug-likeness (QED) is 0.659. The zero-order valence-corrected chi connectivity index (χ0v) is 10.5. The van der Waals surface area contributed by atoms with Gasteiger partial charge in [-0.05, 0) is 24.6 Å². The summed E-state index contributed by atoms with van der Waals surface area (Å²) in [5, 5.41) is 0.450. The molecule has 2 N–H and O–H groups in total. The zero-order valence-electron chi connectivity index (χ0n) is 9.74. The van der Waals surface area contributed by atoms with Gasteiger partial charge in [0.2, 0.25) is 0 Å². The normalized spacial score (nSPS) is 9.71. The molecule has 4 heteroatoms. The first-order valence-corrected chi connectivity index (χ1v) is 5.75. The summed E-state index contributed by atoms with van der Waals surface area (Å²) in [5.41, 5.74) is 6.59. The van der Waals surface area contributed by atoms with Crippen LogP contribution in [0.25, 0.3) is 0 Å². The summed E-state index contributed by atoms with van der Waals surface area (Å²) in [5.74, 6) is 2.33. The highest BCUT2D eigenvalue weighted by Gasteiger charge is 2.14. The van der Waals surface area contributed by atoms with E-state index in [1.165, 1.54) is 0 Å². The lowest BCUT2D eigenvalue weighted by Crippen LogP contribution is -2.32. The number of benzene rings is 1. The van der Waals surface area contributed by atoms with Gasteiger partial charge in [-0.2, -0.15) is 0 Å². The second-order valence-electron chi connectivity index (χ2n) is 3.70. The van der Waals surface area contributed by atoms with E-state index in [0.717, 1.165) is 6.42 Å². The van der Waals surface area contributed by atoms with Crippen molar-refractivity contribution in [2.75, 3.05) is 18.8 Å². The highest BCUT2D eigenvalue weighted by Crippen LogP contribution is 2.18. The molecule has 17 heavy (non-hydrogen) atoms. The molecule has 0 saturated carbocycles. The Hall–Kier alpha value is -1.66. The van der Waals surface area contributed by atoms with Crippen LogP contribution in [0.4, 0.5) is 5.69 Å². The lowest BCUT2D eigenvalue weighted by Gasteiger charge is -2.19. The van der Waals surface area contributed by atoms with Crippen molar-refractivity contribution in [2.45, 2.75) is 13.3 Å². The molecule has 0 atom stereocenters. The second kappa shape index (κ2) is 6.17.